The highest BCUT2D eigenvalue weighted by Crippen LogP contribution is 2.27. The van der Waals surface area contributed by atoms with E-state index in [9.17, 15) is 0 Å². The quantitative estimate of drug-likeness (QED) is 0.594. The van der Waals surface area contributed by atoms with Gasteiger partial charge in [0.1, 0.15) is 5.84 Å². The molecule has 1 aromatic rings. The summed E-state index contributed by atoms with van der Waals surface area (Å²) in [5.74, 6) is 1.15. The van der Waals surface area contributed by atoms with Crippen LogP contribution in [0.4, 0.5) is 5.69 Å². The van der Waals surface area contributed by atoms with E-state index in [2.05, 4.69) is 45.7 Å². The van der Waals surface area contributed by atoms with Crippen LogP contribution in [0.5, 0.6) is 0 Å². The van der Waals surface area contributed by atoms with Crippen LogP contribution < -0.4 is 5.73 Å². The van der Waals surface area contributed by atoms with Crippen molar-refractivity contribution in [3.8, 4) is 0 Å². The number of hydrogen-bond acceptors (Lipinski definition) is 1. The number of rotatable bonds is 2. The fourth-order valence-corrected chi connectivity index (χ4v) is 1.38. The molecule has 0 radical (unpaired) electrons. The standard InChI is InChI=1S/C14H22N2/c1-10(2)11-8-6-7-9-12(11)16-13(15)14(3,4)5/h6-10H,1-5H3,(H2,15,16). The molecule has 0 unspecified atom stereocenters. The zero-order valence-electron chi connectivity index (χ0n) is 10.9. The third kappa shape index (κ3) is 3.09. The van der Waals surface area contributed by atoms with Crippen LogP contribution in [-0.4, -0.2) is 5.84 Å². The molecule has 16 heavy (non-hydrogen) atoms. The van der Waals surface area contributed by atoms with E-state index in [1.54, 1.807) is 0 Å². The van der Waals surface area contributed by atoms with E-state index in [0.29, 0.717) is 11.8 Å². The number of nitrogens with zero attached hydrogens (tertiary/aromatic N) is 1. The summed E-state index contributed by atoms with van der Waals surface area (Å²) in [5, 5.41) is 0. The first kappa shape index (κ1) is 12.8. The first-order valence-corrected chi connectivity index (χ1v) is 5.76. The Morgan fingerprint density at radius 1 is 1.19 bits per heavy atom. The molecule has 0 aliphatic heterocycles. The van der Waals surface area contributed by atoms with Gasteiger partial charge in [0, 0.05) is 5.41 Å². The van der Waals surface area contributed by atoms with Gasteiger partial charge >= 0.3 is 0 Å². The molecule has 2 heteroatoms. The number of aliphatic imine (C=N–C) groups is 1. The minimum Gasteiger partial charge on any atom is -0.387 e. The molecular formula is C14H22N2. The van der Waals surface area contributed by atoms with Gasteiger partial charge in [-0.3, -0.25) is 0 Å². The van der Waals surface area contributed by atoms with Gasteiger partial charge in [-0.15, -0.1) is 0 Å². The van der Waals surface area contributed by atoms with E-state index >= 15 is 0 Å². The topological polar surface area (TPSA) is 38.4 Å². The number of amidine groups is 1. The summed E-state index contributed by atoms with van der Waals surface area (Å²) in [6.45, 7) is 10.6. The molecule has 0 aliphatic rings. The maximum absolute atomic E-state index is 6.00. The second kappa shape index (κ2) is 4.69. The highest BCUT2D eigenvalue weighted by atomic mass is 14.9. The summed E-state index contributed by atoms with van der Waals surface area (Å²) in [6, 6.07) is 8.18. The average molecular weight is 218 g/mol. The lowest BCUT2D eigenvalue weighted by atomic mass is 9.95. The molecule has 0 fully saturated rings. The lowest BCUT2D eigenvalue weighted by Gasteiger charge is -2.18. The van der Waals surface area contributed by atoms with Crippen LogP contribution in [0.1, 0.15) is 46.1 Å². The lowest BCUT2D eigenvalue weighted by Crippen LogP contribution is -2.28. The van der Waals surface area contributed by atoms with Crippen LogP contribution in [0.15, 0.2) is 29.3 Å². The van der Waals surface area contributed by atoms with Crippen LogP contribution in [0.3, 0.4) is 0 Å². The molecule has 0 amide bonds. The van der Waals surface area contributed by atoms with E-state index in [4.69, 9.17) is 5.73 Å². The lowest BCUT2D eigenvalue weighted by molar-refractivity contribution is 0.585. The second-order valence-corrected chi connectivity index (χ2v) is 5.46. The van der Waals surface area contributed by atoms with Gasteiger partial charge < -0.3 is 5.73 Å². The van der Waals surface area contributed by atoms with Crippen molar-refractivity contribution in [3.63, 3.8) is 0 Å². The molecule has 0 atom stereocenters. The minimum atomic E-state index is -0.0793. The van der Waals surface area contributed by atoms with E-state index in [1.807, 2.05) is 18.2 Å². The van der Waals surface area contributed by atoms with Crippen molar-refractivity contribution in [1.29, 1.82) is 0 Å². The van der Waals surface area contributed by atoms with Crippen LogP contribution in [-0.2, 0) is 0 Å². The highest BCUT2D eigenvalue weighted by Gasteiger charge is 2.16. The predicted octanol–water partition coefficient (Wildman–Crippen LogP) is 3.84. The Balaban J connectivity index is 3.15. The van der Waals surface area contributed by atoms with Gasteiger partial charge in [-0.05, 0) is 17.5 Å². The SMILES string of the molecule is CC(C)c1ccccc1N=C(N)C(C)(C)C. The monoisotopic (exact) mass is 218 g/mol. The number of hydrogen-bond donors (Lipinski definition) is 1. The summed E-state index contributed by atoms with van der Waals surface area (Å²) in [4.78, 5) is 4.55. The highest BCUT2D eigenvalue weighted by molar-refractivity contribution is 5.88. The third-order valence-electron chi connectivity index (χ3n) is 2.57. The normalized spacial score (nSPS) is 13.2. The van der Waals surface area contributed by atoms with Crippen molar-refractivity contribution >= 4 is 11.5 Å². The zero-order valence-corrected chi connectivity index (χ0v) is 10.9. The van der Waals surface area contributed by atoms with Crippen LogP contribution in [0, 0.1) is 5.41 Å². The first-order valence-electron chi connectivity index (χ1n) is 5.76. The maximum atomic E-state index is 6.00. The van der Waals surface area contributed by atoms with Gasteiger partial charge in [-0.2, -0.15) is 0 Å². The molecular weight excluding hydrogens is 196 g/mol. The summed E-state index contributed by atoms with van der Waals surface area (Å²) in [7, 11) is 0. The van der Waals surface area contributed by atoms with Gasteiger partial charge in [-0.25, -0.2) is 4.99 Å². The van der Waals surface area contributed by atoms with Crippen molar-refractivity contribution in [3.05, 3.63) is 29.8 Å². The Morgan fingerprint density at radius 3 is 2.25 bits per heavy atom. The number of benzene rings is 1. The second-order valence-electron chi connectivity index (χ2n) is 5.46. The zero-order chi connectivity index (χ0) is 12.3. The molecule has 1 rings (SSSR count). The predicted molar refractivity (Wildman–Crippen MR) is 71.3 cm³/mol. The Hall–Kier alpha value is -1.31. The molecule has 2 N–H and O–H groups in total. The van der Waals surface area contributed by atoms with E-state index in [-0.39, 0.29) is 5.41 Å². The Labute approximate surface area is 98.6 Å². The molecule has 0 aromatic heterocycles. The molecule has 1 aromatic carbocycles. The summed E-state index contributed by atoms with van der Waals surface area (Å²) in [6.07, 6.45) is 0. The molecule has 2 nitrogen and oxygen atoms in total. The molecule has 0 bridgehead atoms. The first-order chi connectivity index (χ1) is 7.32. The molecule has 0 saturated heterocycles. The smallest absolute Gasteiger partial charge is 0.105 e. The van der Waals surface area contributed by atoms with Gasteiger partial charge in [0.2, 0.25) is 0 Å². The number of para-hydroxylation sites is 1. The fraction of sp³-hybridized carbons (Fsp3) is 0.500. The molecule has 0 saturated carbocycles. The largest absolute Gasteiger partial charge is 0.387 e. The van der Waals surface area contributed by atoms with Crippen molar-refractivity contribution in [2.75, 3.05) is 0 Å². The molecule has 0 spiro atoms. The summed E-state index contributed by atoms with van der Waals surface area (Å²) in [5.41, 5.74) is 8.16. The van der Waals surface area contributed by atoms with E-state index in [1.165, 1.54) is 5.56 Å². The molecule has 88 valence electrons. The van der Waals surface area contributed by atoms with Gasteiger partial charge in [0.05, 0.1) is 5.69 Å². The van der Waals surface area contributed by atoms with Crippen molar-refractivity contribution in [2.45, 2.75) is 40.5 Å². The van der Waals surface area contributed by atoms with Crippen LogP contribution >= 0.6 is 0 Å². The molecule has 0 heterocycles. The fourth-order valence-electron chi connectivity index (χ4n) is 1.38. The Kier molecular flexibility index (Phi) is 3.74. The van der Waals surface area contributed by atoms with E-state index in [0.717, 1.165) is 5.69 Å². The van der Waals surface area contributed by atoms with Gasteiger partial charge in [-0.1, -0.05) is 52.8 Å². The van der Waals surface area contributed by atoms with Crippen molar-refractivity contribution < 1.29 is 0 Å². The third-order valence-corrected chi connectivity index (χ3v) is 2.57. The Morgan fingerprint density at radius 2 is 1.75 bits per heavy atom. The summed E-state index contributed by atoms with van der Waals surface area (Å²) < 4.78 is 0. The van der Waals surface area contributed by atoms with Crippen LogP contribution in [0.25, 0.3) is 0 Å². The minimum absolute atomic E-state index is 0.0793. The van der Waals surface area contributed by atoms with Crippen molar-refractivity contribution in [2.24, 2.45) is 16.1 Å². The van der Waals surface area contributed by atoms with Gasteiger partial charge in [0.15, 0.2) is 0 Å². The number of nitrogens with two attached hydrogens (primary N) is 1. The Bertz CT molecular complexity index is 384. The maximum Gasteiger partial charge on any atom is 0.105 e. The molecule has 0 aliphatic carbocycles. The van der Waals surface area contributed by atoms with E-state index < -0.39 is 0 Å². The average Bonchev–Trinajstić information content (AvgIpc) is 2.16. The van der Waals surface area contributed by atoms with Gasteiger partial charge in [0.25, 0.3) is 0 Å². The van der Waals surface area contributed by atoms with Crippen molar-refractivity contribution in [1.82, 2.24) is 0 Å². The summed E-state index contributed by atoms with van der Waals surface area (Å²) >= 11 is 0. The van der Waals surface area contributed by atoms with Crippen LogP contribution in [0.2, 0.25) is 0 Å².